The molecule has 9 nitrogen and oxygen atoms in total. The molecule has 2 aromatic rings. The maximum absolute atomic E-state index is 14.2. The van der Waals surface area contributed by atoms with Gasteiger partial charge in [0.25, 0.3) is 5.91 Å². The number of furan rings is 1. The Labute approximate surface area is 193 Å². The van der Waals surface area contributed by atoms with Crippen LogP contribution in [0.5, 0.6) is 0 Å². The number of hydrogen-bond donors (Lipinski definition) is 1. The van der Waals surface area contributed by atoms with Crippen LogP contribution in [-0.2, 0) is 38.1 Å². The van der Waals surface area contributed by atoms with Crippen molar-refractivity contribution in [1.29, 1.82) is 0 Å². The van der Waals surface area contributed by atoms with E-state index in [0.717, 1.165) is 0 Å². The van der Waals surface area contributed by atoms with E-state index in [2.05, 4.69) is 10.4 Å². The Morgan fingerprint density at radius 3 is 2.50 bits per heavy atom. The number of carbonyl (C=O) groups excluding carboxylic acids is 1. The van der Waals surface area contributed by atoms with Crippen molar-refractivity contribution < 1.29 is 41.3 Å². The third kappa shape index (κ3) is 4.59. The second-order valence-corrected chi connectivity index (χ2v) is 8.71. The van der Waals surface area contributed by atoms with Crippen LogP contribution in [0.4, 0.5) is 13.2 Å². The van der Waals surface area contributed by atoms with Crippen molar-refractivity contribution in [3.63, 3.8) is 0 Å². The molecule has 0 radical (unpaired) electrons. The molecule has 0 spiro atoms. The van der Waals surface area contributed by atoms with Crippen molar-refractivity contribution >= 4 is 5.91 Å². The minimum atomic E-state index is -4.81. The first-order valence-electron chi connectivity index (χ1n) is 11.3. The molecule has 0 aromatic carbocycles. The molecule has 34 heavy (non-hydrogen) atoms. The predicted molar refractivity (Wildman–Crippen MR) is 111 cm³/mol. The number of fused-ring (bicyclic) bond motifs is 3. The van der Waals surface area contributed by atoms with Crippen molar-refractivity contribution in [2.75, 3.05) is 46.2 Å². The highest BCUT2D eigenvalue weighted by molar-refractivity contribution is 5.96. The molecule has 3 atom stereocenters. The van der Waals surface area contributed by atoms with E-state index in [0.29, 0.717) is 45.1 Å². The van der Waals surface area contributed by atoms with Crippen molar-refractivity contribution in [2.24, 2.45) is 0 Å². The summed E-state index contributed by atoms with van der Waals surface area (Å²) in [7, 11) is 0. The third-order valence-corrected chi connectivity index (χ3v) is 6.17. The summed E-state index contributed by atoms with van der Waals surface area (Å²) in [5.41, 5.74) is -0.404. The van der Waals surface area contributed by atoms with Crippen LogP contribution in [-0.4, -0.2) is 74.1 Å². The van der Waals surface area contributed by atoms with E-state index >= 15 is 0 Å². The van der Waals surface area contributed by atoms with Gasteiger partial charge in [-0.05, 0) is 5.92 Å². The Hall–Kier alpha value is -2.41. The van der Waals surface area contributed by atoms with Crippen LogP contribution in [0.15, 0.2) is 10.6 Å². The topological polar surface area (TPSA) is 97.0 Å². The van der Waals surface area contributed by atoms with E-state index in [1.807, 2.05) is 6.92 Å². The SMILES string of the molecule is C[C@H]1Cc2oc(C(=O)NC[C@@H]3COCCO3)c(C(F)(F)F)c2-c2nn(C[C@H]3COCCO3)cc21. The number of amides is 1. The quantitative estimate of drug-likeness (QED) is 0.695. The first kappa shape index (κ1) is 23.3. The van der Waals surface area contributed by atoms with Gasteiger partial charge >= 0.3 is 6.18 Å². The number of halogens is 3. The molecule has 4 heterocycles. The highest BCUT2D eigenvalue weighted by Crippen LogP contribution is 2.48. The number of alkyl halides is 3. The highest BCUT2D eigenvalue weighted by Gasteiger charge is 2.46. The number of aromatic nitrogens is 2. The van der Waals surface area contributed by atoms with Crippen molar-refractivity contribution in [3.05, 3.63) is 28.8 Å². The van der Waals surface area contributed by atoms with E-state index in [9.17, 15) is 18.0 Å². The van der Waals surface area contributed by atoms with Crippen LogP contribution in [0, 0.1) is 0 Å². The van der Waals surface area contributed by atoms with E-state index in [-0.39, 0.29) is 48.6 Å². The van der Waals surface area contributed by atoms with Crippen LogP contribution in [0.2, 0.25) is 0 Å². The lowest BCUT2D eigenvalue weighted by molar-refractivity contribution is -0.137. The average molecular weight is 485 g/mol. The summed E-state index contributed by atoms with van der Waals surface area (Å²) in [6.07, 6.45) is -3.49. The van der Waals surface area contributed by atoms with E-state index in [4.69, 9.17) is 23.4 Å². The molecule has 2 saturated heterocycles. The molecule has 0 saturated carbocycles. The predicted octanol–water partition coefficient (Wildman–Crippen LogP) is 2.38. The summed E-state index contributed by atoms with van der Waals surface area (Å²) in [4.78, 5) is 12.8. The molecule has 0 bridgehead atoms. The summed E-state index contributed by atoms with van der Waals surface area (Å²) in [5, 5.41) is 6.95. The monoisotopic (exact) mass is 485 g/mol. The fourth-order valence-corrected chi connectivity index (χ4v) is 4.57. The molecule has 5 rings (SSSR count). The molecule has 1 N–H and O–H groups in total. The van der Waals surface area contributed by atoms with Gasteiger partial charge in [0, 0.05) is 24.7 Å². The molecule has 0 unspecified atom stereocenters. The van der Waals surface area contributed by atoms with Crippen LogP contribution in [0.3, 0.4) is 0 Å². The summed E-state index contributed by atoms with van der Waals surface area (Å²) in [6.45, 7) is 4.70. The lowest BCUT2D eigenvalue weighted by atomic mass is 9.86. The Bertz CT molecular complexity index is 1040. The lowest BCUT2D eigenvalue weighted by Crippen LogP contribution is -2.40. The Kier molecular flexibility index (Phi) is 6.40. The Morgan fingerprint density at radius 2 is 1.85 bits per heavy atom. The average Bonchev–Trinajstić information content (AvgIpc) is 3.41. The molecular formula is C22H26F3N3O6. The summed E-state index contributed by atoms with van der Waals surface area (Å²) < 4.78 is 71.6. The van der Waals surface area contributed by atoms with Gasteiger partial charge in [0.2, 0.25) is 5.76 Å². The lowest BCUT2D eigenvalue weighted by Gasteiger charge is -2.23. The minimum absolute atomic E-state index is 0.0151. The molecule has 2 fully saturated rings. The van der Waals surface area contributed by atoms with Gasteiger partial charge < -0.3 is 28.7 Å². The zero-order chi connectivity index (χ0) is 23.9. The third-order valence-electron chi connectivity index (χ3n) is 6.17. The normalized spacial score (nSPS) is 25.0. The highest BCUT2D eigenvalue weighted by atomic mass is 19.4. The summed E-state index contributed by atoms with van der Waals surface area (Å²) >= 11 is 0. The molecule has 3 aliphatic rings. The van der Waals surface area contributed by atoms with E-state index < -0.39 is 29.5 Å². The first-order valence-corrected chi connectivity index (χ1v) is 11.3. The van der Waals surface area contributed by atoms with Crippen molar-refractivity contribution in [2.45, 2.75) is 44.2 Å². The van der Waals surface area contributed by atoms with Gasteiger partial charge in [-0.1, -0.05) is 6.92 Å². The largest absolute Gasteiger partial charge is 0.455 e. The Morgan fingerprint density at radius 1 is 1.15 bits per heavy atom. The zero-order valence-corrected chi connectivity index (χ0v) is 18.7. The molecule has 1 amide bonds. The second-order valence-electron chi connectivity index (χ2n) is 8.71. The molecule has 2 aliphatic heterocycles. The van der Waals surface area contributed by atoms with Gasteiger partial charge in [-0.2, -0.15) is 18.3 Å². The van der Waals surface area contributed by atoms with Gasteiger partial charge in [0.1, 0.15) is 17.4 Å². The fourth-order valence-electron chi connectivity index (χ4n) is 4.57. The minimum Gasteiger partial charge on any atom is -0.455 e. The van der Waals surface area contributed by atoms with Crippen LogP contribution in [0.25, 0.3) is 11.3 Å². The molecular weight excluding hydrogens is 459 g/mol. The molecule has 1 aliphatic carbocycles. The first-order chi connectivity index (χ1) is 16.3. The number of nitrogens with zero attached hydrogens (tertiary/aromatic N) is 2. The standard InChI is InChI=1S/C22H26F3N3O6/c1-12-6-16-17(19-15(12)9-28(27-19)8-14-11-31-3-5-33-14)18(22(23,24)25)20(34-16)21(29)26-7-13-10-30-2-4-32-13/h9,12-14H,2-8,10-11H2,1H3,(H,26,29)/t12-,13+,14-/m0/s1. The zero-order valence-electron chi connectivity index (χ0n) is 18.7. The summed E-state index contributed by atoms with van der Waals surface area (Å²) in [5.74, 6) is -1.72. The molecule has 2 aromatic heterocycles. The maximum Gasteiger partial charge on any atom is 0.420 e. The second kappa shape index (κ2) is 9.33. The smallest absolute Gasteiger partial charge is 0.420 e. The number of ether oxygens (including phenoxy) is 4. The number of nitrogens with one attached hydrogen (secondary N) is 1. The van der Waals surface area contributed by atoms with Gasteiger partial charge in [0.05, 0.1) is 63.5 Å². The van der Waals surface area contributed by atoms with E-state index in [1.165, 1.54) is 0 Å². The van der Waals surface area contributed by atoms with Crippen LogP contribution >= 0.6 is 0 Å². The van der Waals surface area contributed by atoms with Crippen LogP contribution in [0.1, 0.15) is 40.3 Å². The molecule has 186 valence electrons. The van der Waals surface area contributed by atoms with Gasteiger partial charge in [0.15, 0.2) is 0 Å². The van der Waals surface area contributed by atoms with Crippen molar-refractivity contribution in [1.82, 2.24) is 15.1 Å². The Balaban J connectivity index is 1.45. The molecule has 12 heteroatoms. The van der Waals surface area contributed by atoms with Gasteiger partial charge in [-0.15, -0.1) is 0 Å². The van der Waals surface area contributed by atoms with Crippen LogP contribution < -0.4 is 5.32 Å². The van der Waals surface area contributed by atoms with Crippen molar-refractivity contribution in [3.8, 4) is 11.3 Å². The number of rotatable bonds is 5. The number of carbonyl (C=O) groups is 1. The maximum atomic E-state index is 14.2. The summed E-state index contributed by atoms with van der Waals surface area (Å²) in [6, 6.07) is 0. The van der Waals surface area contributed by atoms with Gasteiger partial charge in [-0.25, -0.2) is 0 Å². The fraction of sp³-hybridized carbons (Fsp3) is 0.636. The number of hydrogen-bond acceptors (Lipinski definition) is 7. The van der Waals surface area contributed by atoms with E-state index in [1.54, 1.807) is 10.9 Å². The van der Waals surface area contributed by atoms with Gasteiger partial charge in [-0.3, -0.25) is 9.48 Å².